The number of carbonyl (C=O) groups is 2. The van der Waals surface area contributed by atoms with Gasteiger partial charge in [0.05, 0.1) is 12.0 Å². The number of rotatable bonds is 6. The van der Waals surface area contributed by atoms with Crippen molar-refractivity contribution in [2.75, 3.05) is 6.54 Å². The highest BCUT2D eigenvalue weighted by atomic mass is 16.5. The van der Waals surface area contributed by atoms with E-state index in [-0.39, 0.29) is 24.3 Å². The van der Waals surface area contributed by atoms with Gasteiger partial charge in [0.2, 0.25) is 5.91 Å². The van der Waals surface area contributed by atoms with E-state index in [9.17, 15) is 9.59 Å². The maximum atomic E-state index is 12.6. The van der Waals surface area contributed by atoms with Crippen molar-refractivity contribution in [3.8, 4) is 5.75 Å². The average molecular weight is 399 g/mol. The lowest BCUT2D eigenvalue weighted by Gasteiger charge is -2.25. The van der Waals surface area contributed by atoms with E-state index in [0.717, 1.165) is 17.5 Å². The molecule has 4 rings (SSSR count). The molecule has 1 aliphatic rings. The van der Waals surface area contributed by atoms with Crippen LogP contribution in [0.25, 0.3) is 0 Å². The van der Waals surface area contributed by atoms with Gasteiger partial charge in [-0.3, -0.25) is 9.59 Å². The van der Waals surface area contributed by atoms with Crippen molar-refractivity contribution >= 4 is 11.9 Å². The fourth-order valence-corrected chi connectivity index (χ4v) is 3.88. The number of ether oxygens (including phenoxy) is 1. The number of carbonyl (C=O) groups excluding carboxylic acids is 2. The van der Waals surface area contributed by atoms with Gasteiger partial charge in [0.15, 0.2) is 0 Å². The minimum atomic E-state index is -0.437. The van der Waals surface area contributed by atoms with Crippen LogP contribution in [0.5, 0.6) is 5.75 Å². The minimum absolute atomic E-state index is 0.00786. The number of benzene rings is 3. The van der Waals surface area contributed by atoms with Crippen LogP contribution >= 0.6 is 0 Å². The molecule has 0 radical (unpaired) electrons. The summed E-state index contributed by atoms with van der Waals surface area (Å²) in [6, 6.07) is 27.6. The first kappa shape index (κ1) is 19.9. The van der Waals surface area contributed by atoms with Crippen LogP contribution in [0.3, 0.4) is 0 Å². The SMILES string of the molecule is C[C@@H](c1ccccc1)N1C[C@@H](C(=O)Oc2ccc(Cc3ccccc3)cc2)CC1=O. The van der Waals surface area contributed by atoms with Crippen LogP contribution in [-0.4, -0.2) is 23.3 Å². The highest BCUT2D eigenvalue weighted by Gasteiger charge is 2.38. The molecule has 152 valence electrons. The Morgan fingerprint density at radius 1 is 0.933 bits per heavy atom. The Balaban J connectivity index is 1.35. The Hall–Kier alpha value is -3.40. The average Bonchev–Trinajstić information content (AvgIpc) is 3.18. The molecule has 0 saturated carbocycles. The molecule has 2 atom stereocenters. The van der Waals surface area contributed by atoms with Gasteiger partial charge in [-0.1, -0.05) is 72.8 Å². The van der Waals surface area contributed by atoms with E-state index in [0.29, 0.717) is 12.3 Å². The van der Waals surface area contributed by atoms with Gasteiger partial charge >= 0.3 is 5.97 Å². The van der Waals surface area contributed by atoms with E-state index in [1.807, 2.05) is 79.7 Å². The van der Waals surface area contributed by atoms with Gasteiger partial charge in [-0.15, -0.1) is 0 Å². The van der Waals surface area contributed by atoms with Crippen LogP contribution in [0.15, 0.2) is 84.9 Å². The van der Waals surface area contributed by atoms with Gasteiger partial charge in [0.1, 0.15) is 5.75 Å². The van der Waals surface area contributed by atoms with E-state index in [1.165, 1.54) is 5.56 Å². The van der Waals surface area contributed by atoms with Crippen LogP contribution in [-0.2, 0) is 16.0 Å². The summed E-state index contributed by atoms with van der Waals surface area (Å²) in [6.07, 6.45) is 1.03. The molecular formula is C26H25NO3. The molecule has 1 amide bonds. The third-order valence-electron chi connectivity index (χ3n) is 5.63. The summed E-state index contributed by atoms with van der Waals surface area (Å²) < 4.78 is 5.57. The molecule has 3 aromatic carbocycles. The number of amides is 1. The molecule has 0 spiro atoms. The van der Waals surface area contributed by atoms with Crippen LogP contribution in [0.4, 0.5) is 0 Å². The topological polar surface area (TPSA) is 46.6 Å². The summed E-state index contributed by atoms with van der Waals surface area (Å²) in [5.41, 5.74) is 3.45. The molecule has 0 unspecified atom stereocenters. The molecule has 4 nitrogen and oxygen atoms in total. The van der Waals surface area contributed by atoms with E-state index in [4.69, 9.17) is 4.74 Å². The van der Waals surface area contributed by atoms with Crippen molar-refractivity contribution in [2.24, 2.45) is 5.92 Å². The normalized spacial score (nSPS) is 17.0. The zero-order valence-corrected chi connectivity index (χ0v) is 17.0. The molecule has 0 aromatic heterocycles. The molecule has 0 aliphatic carbocycles. The molecule has 0 N–H and O–H groups in total. The zero-order valence-electron chi connectivity index (χ0n) is 17.0. The molecule has 1 fully saturated rings. The number of nitrogens with zero attached hydrogens (tertiary/aromatic N) is 1. The van der Waals surface area contributed by atoms with Gasteiger partial charge in [0, 0.05) is 13.0 Å². The molecule has 0 bridgehead atoms. The number of esters is 1. The molecule has 1 heterocycles. The van der Waals surface area contributed by atoms with Crippen LogP contribution < -0.4 is 4.74 Å². The predicted octanol–water partition coefficient (Wildman–Crippen LogP) is 4.79. The van der Waals surface area contributed by atoms with E-state index >= 15 is 0 Å². The van der Waals surface area contributed by atoms with Crippen LogP contribution in [0.2, 0.25) is 0 Å². The van der Waals surface area contributed by atoms with Crippen molar-refractivity contribution < 1.29 is 14.3 Å². The monoisotopic (exact) mass is 399 g/mol. The fourth-order valence-electron chi connectivity index (χ4n) is 3.88. The van der Waals surface area contributed by atoms with E-state index in [2.05, 4.69) is 12.1 Å². The van der Waals surface area contributed by atoms with Crippen LogP contribution in [0, 0.1) is 5.92 Å². The predicted molar refractivity (Wildman–Crippen MR) is 116 cm³/mol. The van der Waals surface area contributed by atoms with Crippen molar-refractivity contribution in [3.63, 3.8) is 0 Å². The second-order valence-corrected chi connectivity index (χ2v) is 7.76. The van der Waals surface area contributed by atoms with Crippen molar-refractivity contribution in [1.29, 1.82) is 0 Å². The van der Waals surface area contributed by atoms with Gasteiger partial charge in [0.25, 0.3) is 0 Å². The molecular weight excluding hydrogens is 374 g/mol. The van der Waals surface area contributed by atoms with Crippen molar-refractivity contribution in [1.82, 2.24) is 4.90 Å². The summed E-state index contributed by atoms with van der Waals surface area (Å²) in [5.74, 6) is -0.278. The quantitative estimate of drug-likeness (QED) is 0.442. The lowest BCUT2D eigenvalue weighted by molar-refractivity contribution is -0.139. The first-order chi connectivity index (χ1) is 14.6. The smallest absolute Gasteiger partial charge is 0.316 e. The molecule has 1 aliphatic heterocycles. The summed E-state index contributed by atoms with van der Waals surface area (Å²) in [7, 11) is 0. The highest BCUT2D eigenvalue weighted by Crippen LogP contribution is 2.29. The standard InChI is InChI=1S/C26H25NO3/c1-19(22-10-6-3-7-11-22)27-18-23(17-25(27)28)26(29)30-24-14-12-21(13-15-24)16-20-8-4-2-5-9-20/h2-15,19,23H,16-18H2,1H3/t19-,23-/m0/s1. The Morgan fingerprint density at radius 3 is 2.20 bits per heavy atom. The molecule has 4 heteroatoms. The fraction of sp³-hybridized carbons (Fsp3) is 0.231. The summed E-state index contributed by atoms with van der Waals surface area (Å²) in [5, 5.41) is 0. The Bertz CT molecular complexity index is 999. The second kappa shape index (κ2) is 8.95. The summed E-state index contributed by atoms with van der Waals surface area (Å²) in [6.45, 7) is 2.38. The first-order valence-electron chi connectivity index (χ1n) is 10.3. The van der Waals surface area contributed by atoms with Gasteiger partial charge in [-0.25, -0.2) is 0 Å². The zero-order chi connectivity index (χ0) is 20.9. The second-order valence-electron chi connectivity index (χ2n) is 7.76. The first-order valence-corrected chi connectivity index (χ1v) is 10.3. The number of likely N-dealkylation sites (tertiary alicyclic amines) is 1. The Kier molecular flexibility index (Phi) is 5.94. The van der Waals surface area contributed by atoms with E-state index < -0.39 is 5.92 Å². The lowest BCUT2D eigenvalue weighted by Crippen LogP contribution is -2.30. The molecule has 3 aromatic rings. The van der Waals surface area contributed by atoms with Crippen molar-refractivity contribution in [2.45, 2.75) is 25.8 Å². The maximum Gasteiger partial charge on any atom is 0.316 e. The van der Waals surface area contributed by atoms with Gasteiger partial charge in [-0.05, 0) is 42.2 Å². The summed E-state index contributed by atoms with van der Waals surface area (Å²) >= 11 is 0. The van der Waals surface area contributed by atoms with Gasteiger partial charge < -0.3 is 9.64 Å². The Labute approximate surface area is 177 Å². The van der Waals surface area contributed by atoms with Crippen molar-refractivity contribution in [3.05, 3.63) is 102 Å². The summed E-state index contributed by atoms with van der Waals surface area (Å²) in [4.78, 5) is 26.9. The minimum Gasteiger partial charge on any atom is -0.426 e. The molecule has 1 saturated heterocycles. The largest absolute Gasteiger partial charge is 0.426 e. The third kappa shape index (κ3) is 4.60. The lowest BCUT2D eigenvalue weighted by atomic mass is 10.1. The highest BCUT2D eigenvalue weighted by molar-refractivity contribution is 5.87. The Morgan fingerprint density at radius 2 is 1.53 bits per heavy atom. The number of hydrogen-bond donors (Lipinski definition) is 0. The maximum absolute atomic E-state index is 12.6. The number of hydrogen-bond acceptors (Lipinski definition) is 3. The third-order valence-corrected chi connectivity index (χ3v) is 5.63. The van der Waals surface area contributed by atoms with Gasteiger partial charge in [-0.2, -0.15) is 0 Å². The molecule has 30 heavy (non-hydrogen) atoms. The van der Waals surface area contributed by atoms with Crippen LogP contribution in [0.1, 0.15) is 36.1 Å². The van der Waals surface area contributed by atoms with E-state index in [1.54, 1.807) is 4.90 Å².